The van der Waals surface area contributed by atoms with Gasteiger partial charge in [0.2, 0.25) is 0 Å². The van der Waals surface area contributed by atoms with E-state index in [2.05, 4.69) is 43.0 Å². The molecule has 2 rings (SSSR count). The van der Waals surface area contributed by atoms with Gasteiger partial charge in [0.15, 0.2) is 0 Å². The number of carbonyl (C=O) groups is 1. The Morgan fingerprint density at radius 1 is 1.31 bits per heavy atom. The molecule has 0 radical (unpaired) electrons. The standard InChI is InChI=1S/C14H19NO/c1-11-10-14(16)8-9-15(11)12(2)13-6-4-3-5-7-13/h3-7,11-12H,8-10H2,1-2H3/t11?,12-/m0/s1. The van der Waals surface area contributed by atoms with E-state index < -0.39 is 0 Å². The van der Waals surface area contributed by atoms with E-state index in [0.717, 1.165) is 6.54 Å². The molecule has 2 heteroatoms. The maximum absolute atomic E-state index is 11.4. The van der Waals surface area contributed by atoms with Crippen LogP contribution in [0.15, 0.2) is 30.3 Å². The minimum atomic E-state index is 0.372. The van der Waals surface area contributed by atoms with Gasteiger partial charge in [-0.05, 0) is 19.4 Å². The van der Waals surface area contributed by atoms with Crippen molar-refractivity contribution in [2.75, 3.05) is 6.54 Å². The number of hydrogen-bond acceptors (Lipinski definition) is 2. The maximum Gasteiger partial charge on any atom is 0.135 e. The highest BCUT2D eigenvalue weighted by molar-refractivity contribution is 5.79. The van der Waals surface area contributed by atoms with E-state index in [4.69, 9.17) is 0 Å². The summed E-state index contributed by atoms with van der Waals surface area (Å²) in [5.74, 6) is 0.406. The van der Waals surface area contributed by atoms with Crippen LogP contribution in [0, 0.1) is 0 Å². The molecule has 0 saturated carbocycles. The molecule has 16 heavy (non-hydrogen) atoms. The molecule has 0 bridgehead atoms. The lowest BCUT2D eigenvalue weighted by Gasteiger charge is -2.37. The van der Waals surface area contributed by atoms with Gasteiger partial charge in [0.05, 0.1) is 0 Å². The topological polar surface area (TPSA) is 20.3 Å². The highest BCUT2D eigenvalue weighted by Crippen LogP contribution is 2.26. The fourth-order valence-corrected chi connectivity index (χ4v) is 2.52. The van der Waals surface area contributed by atoms with Gasteiger partial charge in [-0.25, -0.2) is 0 Å². The third-order valence-corrected chi connectivity index (χ3v) is 3.52. The predicted molar refractivity (Wildman–Crippen MR) is 65.3 cm³/mol. The van der Waals surface area contributed by atoms with E-state index in [0.29, 0.717) is 30.7 Å². The Balaban J connectivity index is 2.10. The molecule has 1 fully saturated rings. The van der Waals surface area contributed by atoms with E-state index in [1.165, 1.54) is 5.56 Å². The summed E-state index contributed by atoms with van der Waals surface area (Å²) in [6.07, 6.45) is 1.42. The van der Waals surface area contributed by atoms with E-state index in [1.807, 2.05) is 6.07 Å². The van der Waals surface area contributed by atoms with Crippen molar-refractivity contribution < 1.29 is 4.79 Å². The van der Waals surface area contributed by atoms with Crippen LogP contribution < -0.4 is 0 Å². The molecule has 0 amide bonds. The molecular weight excluding hydrogens is 198 g/mol. The Kier molecular flexibility index (Phi) is 3.39. The first kappa shape index (κ1) is 11.3. The Bertz CT molecular complexity index is 360. The summed E-state index contributed by atoms with van der Waals surface area (Å²) < 4.78 is 0. The number of hydrogen-bond donors (Lipinski definition) is 0. The quantitative estimate of drug-likeness (QED) is 0.759. The van der Waals surface area contributed by atoms with Crippen LogP contribution in [0.2, 0.25) is 0 Å². The second-order valence-corrected chi connectivity index (χ2v) is 4.67. The number of ketones is 1. The van der Waals surface area contributed by atoms with Crippen molar-refractivity contribution in [3.05, 3.63) is 35.9 Å². The van der Waals surface area contributed by atoms with Crippen LogP contribution in [0.5, 0.6) is 0 Å². The smallest absolute Gasteiger partial charge is 0.135 e. The van der Waals surface area contributed by atoms with Crippen LogP contribution >= 0.6 is 0 Å². The number of Topliss-reactive ketones (excluding diaryl/α,β-unsaturated/α-hetero) is 1. The van der Waals surface area contributed by atoms with Crippen molar-refractivity contribution in [1.29, 1.82) is 0 Å². The lowest BCUT2D eigenvalue weighted by atomic mass is 9.97. The number of carbonyl (C=O) groups excluding carboxylic acids is 1. The van der Waals surface area contributed by atoms with Crippen LogP contribution in [-0.4, -0.2) is 23.3 Å². The Hall–Kier alpha value is -1.15. The number of benzene rings is 1. The third-order valence-electron chi connectivity index (χ3n) is 3.52. The predicted octanol–water partition coefficient (Wildman–Crippen LogP) is 2.80. The van der Waals surface area contributed by atoms with Crippen molar-refractivity contribution in [2.24, 2.45) is 0 Å². The van der Waals surface area contributed by atoms with Crippen LogP contribution in [-0.2, 0) is 4.79 Å². The molecule has 2 nitrogen and oxygen atoms in total. The molecule has 1 aromatic rings. The zero-order valence-corrected chi connectivity index (χ0v) is 10.0. The van der Waals surface area contributed by atoms with E-state index in [9.17, 15) is 4.79 Å². The second-order valence-electron chi connectivity index (χ2n) is 4.67. The molecule has 0 N–H and O–H groups in total. The van der Waals surface area contributed by atoms with Gasteiger partial charge in [0.1, 0.15) is 5.78 Å². The molecule has 1 saturated heterocycles. The Labute approximate surface area is 97.3 Å². The van der Waals surface area contributed by atoms with E-state index in [-0.39, 0.29) is 0 Å². The fraction of sp³-hybridized carbons (Fsp3) is 0.500. The summed E-state index contributed by atoms with van der Waals surface area (Å²) in [6.45, 7) is 5.27. The average molecular weight is 217 g/mol. The Morgan fingerprint density at radius 2 is 2.00 bits per heavy atom. The average Bonchev–Trinajstić information content (AvgIpc) is 2.29. The minimum absolute atomic E-state index is 0.372. The van der Waals surface area contributed by atoms with Crippen molar-refractivity contribution in [3.8, 4) is 0 Å². The first-order valence-corrected chi connectivity index (χ1v) is 6.01. The highest BCUT2D eigenvalue weighted by atomic mass is 16.1. The number of rotatable bonds is 2. The van der Waals surface area contributed by atoms with Gasteiger partial charge < -0.3 is 0 Å². The zero-order valence-electron chi connectivity index (χ0n) is 10.0. The van der Waals surface area contributed by atoms with Crippen molar-refractivity contribution in [2.45, 2.75) is 38.8 Å². The summed E-state index contributed by atoms with van der Waals surface area (Å²) in [7, 11) is 0. The molecule has 86 valence electrons. The molecule has 1 heterocycles. The zero-order chi connectivity index (χ0) is 11.5. The normalized spacial score (nSPS) is 24.4. The first-order chi connectivity index (χ1) is 7.68. The monoisotopic (exact) mass is 217 g/mol. The highest BCUT2D eigenvalue weighted by Gasteiger charge is 2.27. The van der Waals surface area contributed by atoms with Gasteiger partial charge in [0, 0.05) is 31.5 Å². The van der Waals surface area contributed by atoms with Crippen molar-refractivity contribution in [1.82, 2.24) is 4.90 Å². The Morgan fingerprint density at radius 3 is 2.62 bits per heavy atom. The van der Waals surface area contributed by atoms with Gasteiger partial charge in [0.25, 0.3) is 0 Å². The van der Waals surface area contributed by atoms with Gasteiger partial charge >= 0.3 is 0 Å². The van der Waals surface area contributed by atoms with Crippen molar-refractivity contribution >= 4 is 5.78 Å². The molecule has 1 unspecified atom stereocenters. The SMILES string of the molecule is CC1CC(=O)CCN1[C@@H](C)c1ccccc1. The largest absolute Gasteiger partial charge is 0.300 e. The molecule has 0 aliphatic carbocycles. The fourth-order valence-electron chi connectivity index (χ4n) is 2.52. The molecule has 1 aromatic carbocycles. The van der Waals surface area contributed by atoms with Gasteiger partial charge in [-0.15, -0.1) is 0 Å². The molecule has 2 atom stereocenters. The number of likely N-dealkylation sites (tertiary alicyclic amines) is 1. The van der Waals surface area contributed by atoms with Gasteiger partial charge in [-0.2, -0.15) is 0 Å². The summed E-state index contributed by atoms with van der Waals surface area (Å²) in [5, 5.41) is 0. The third kappa shape index (κ3) is 2.33. The molecule has 0 aromatic heterocycles. The first-order valence-electron chi connectivity index (χ1n) is 6.01. The number of piperidine rings is 1. The van der Waals surface area contributed by atoms with Crippen LogP contribution in [0.25, 0.3) is 0 Å². The molecular formula is C14H19NO. The summed E-state index contributed by atoms with van der Waals surface area (Å²) >= 11 is 0. The lowest BCUT2D eigenvalue weighted by molar-refractivity contribution is -0.123. The van der Waals surface area contributed by atoms with Crippen LogP contribution in [0.4, 0.5) is 0 Å². The molecule has 1 aliphatic rings. The summed E-state index contributed by atoms with van der Waals surface area (Å²) in [4.78, 5) is 13.8. The summed E-state index contributed by atoms with van der Waals surface area (Å²) in [5.41, 5.74) is 1.34. The van der Waals surface area contributed by atoms with Crippen LogP contribution in [0.3, 0.4) is 0 Å². The minimum Gasteiger partial charge on any atom is -0.300 e. The maximum atomic E-state index is 11.4. The van der Waals surface area contributed by atoms with Crippen LogP contribution in [0.1, 0.15) is 38.3 Å². The van der Waals surface area contributed by atoms with Crippen molar-refractivity contribution in [3.63, 3.8) is 0 Å². The van der Waals surface area contributed by atoms with E-state index in [1.54, 1.807) is 0 Å². The summed E-state index contributed by atoms with van der Waals surface area (Å²) in [6, 6.07) is 11.3. The second kappa shape index (κ2) is 4.79. The van der Waals surface area contributed by atoms with Gasteiger partial charge in [-0.3, -0.25) is 9.69 Å². The van der Waals surface area contributed by atoms with Gasteiger partial charge in [-0.1, -0.05) is 30.3 Å². The van der Waals surface area contributed by atoms with E-state index >= 15 is 0 Å². The molecule has 0 spiro atoms. The number of nitrogens with zero attached hydrogens (tertiary/aromatic N) is 1. The lowest BCUT2D eigenvalue weighted by Crippen LogP contribution is -2.42. The molecule has 1 aliphatic heterocycles.